The number of hydrogen-bond donors (Lipinski definition) is 1. The van der Waals surface area contributed by atoms with Crippen LogP contribution in [0.3, 0.4) is 0 Å². The molecular weight excluding hydrogens is 356 g/mol. The quantitative estimate of drug-likeness (QED) is 0.695. The van der Waals surface area contributed by atoms with Crippen molar-refractivity contribution in [1.29, 1.82) is 0 Å². The van der Waals surface area contributed by atoms with E-state index in [0.29, 0.717) is 5.69 Å². The van der Waals surface area contributed by atoms with Crippen molar-refractivity contribution in [2.45, 2.75) is 12.3 Å². The molecular formula is C18H13BrN2O2. The lowest BCUT2D eigenvalue weighted by molar-refractivity contribution is -0.121. The molecule has 2 aromatic carbocycles. The maximum Gasteiger partial charge on any atom is 0.241 e. The molecule has 1 aliphatic rings. The van der Waals surface area contributed by atoms with Crippen molar-refractivity contribution < 1.29 is 9.59 Å². The van der Waals surface area contributed by atoms with E-state index < -0.39 is 5.92 Å². The number of carbonyl (C=O) groups is 2. The summed E-state index contributed by atoms with van der Waals surface area (Å²) in [6.07, 6.45) is 2.04. The molecule has 1 aliphatic heterocycles. The van der Waals surface area contributed by atoms with Gasteiger partial charge in [-0.15, -0.1) is 0 Å². The van der Waals surface area contributed by atoms with E-state index >= 15 is 0 Å². The average Bonchev–Trinajstić information content (AvgIpc) is 3.10. The lowest BCUT2D eigenvalue weighted by Crippen LogP contribution is -2.29. The van der Waals surface area contributed by atoms with Gasteiger partial charge in [-0.05, 0) is 35.9 Å². The van der Waals surface area contributed by atoms with Crippen LogP contribution >= 0.6 is 15.9 Å². The number of amides is 2. The number of hydrogen-bond acceptors (Lipinski definition) is 2. The summed E-state index contributed by atoms with van der Waals surface area (Å²) in [6.45, 7) is 0. The molecule has 0 saturated carbocycles. The second kappa shape index (κ2) is 5.35. The van der Waals surface area contributed by atoms with E-state index in [1.807, 2.05) is 42.6 Å². The van der Waals surface area contributed by atoms with Crippen LogP contribution < -0.4 is 4.90 Å². The van der Waals surface area contributed by atoms with Crippen LogP contribution in [0.5, 0.6) is 0 Å². The maximum absolute atomic E-state index is 12.8. The number of anilines is 1. The fourth-order valence-corrected chi connectivity index (χ4v) is 3.38. The molecule has 23 heavy (non-hydrogen) atoms. The highest BCUT2D eigenvalue weighted by atomic mass is 79.9. The van der Waals surface area contributed by atoms with E-state index in [9.17, 15) is 9.59 Å². The third kappa shape index (κ3) is 2.28. The second-order valence-corrected chi connectivity index (χ2v) is 6.51. The predicted octanol–water partition coefficient (Wildman–Crippen LogP) is 3.98. The van der Waals surface area contributed by atoms with Gasteiger partial charge in [-0.25, -0.2) is 0 Å². The van der Waals surface area contributed by atoms with E-state index in [2.05, 4.69) is 20.9 Å². The van der Waals surface area contributed by atoms with Gasteiger partial charge in [0.2, 0.25) is 11.8 Å². The number of H-pyrrole nitrogens is 1. The summed E-state index contributed by atoms with van der Waals surface area (Å²) in [6, 6.07) is 15.0. The first-order valence-corrected chi connectivity index (χ1v) is 8.13. The molecule has 0 radical (unpaired) electrons. The van der Waals surface area contributed by atoms with Gasteiger partial charge in [0.05, 0.1) is 11.6 Å². The van der Waals surface area contributed by atoms with Gasteiger partial charge < -0.3 is 4.98 Å². The largest absolute Gasteiger partial charge is 0.361 e. The molecule has 0 unspecified atom stereocenters. The van der Waals surface area contributed by atoms with E-state index in [4.69, 9.17) is 0 Å². The van der Waals surface area contributed by atoms with Gasteiger partial charge >= 0.3 is 0 Å². The smallest absolute Gasteiger partial charge is 0.241 e. The van der Waals surface area contributed by atoms with E-state index in [-0.39, 0.29) is 18.2 Å². The Balaban J connectivity index is 1.74. The zero-order chi connectivity index (χ0) is 16.0. The van der Waals surface area contributed by atoms with E-state index in [0.717, 1.165) is 20.9 Å². The van der Waals surface area contributed by atoms with Crippen LogP contribution in [0, 0.1) is 0 Å². The predicted molar refractivity (Wildman–Crippen MR) is 92.3 cm³/mol. The van der Waals surface area contributed by atoms with Gasteiger partial charge in [0.15, 0.2) is 0 Å². The van der Waals surface area contributed by atoms with Crippen LogP contribution in [0.25, 0.3) is 10.9 Å². The second-order valence-electron chi connectivity index (χ2n) is 5.59. The van der Waals surface area contributed by atoms with Crippen molar-refractivity contribution in [2.75, 3.05) is 4.90 Å². The van der Waals surface area contributed by atoms with Crippen LogP contribution in [-0.4, -0.2) is 16.8 Å². The third-order valence-corrected chi connectivity index (χ3v) is 4.76. The van der Waals surface area contributed by atoms with Gasteiger partial charge in [-0.1, -0.05) is 34.1 Å². The fraction of sp³-hybridized carbons (Fsp3) is 0.111. The first kappa shape index (κ1) is 14.2. The van der Waals surface area contributed by atoms with E-state index in [1.165, 1.54) is 4.90 Å². The highest BCUT2D eigenvalue weighted by Gasteiger charge is 2.41. The molecule has 1 atom stereocenters. The minimum atomic E-state index is -0.428. The average molecular weight is 369 g/mol. The molecule has 2 heterocycles. The zero-order valence-electron chi connectivity index (χ0n) is 12.1. The number of fused-ring (bicyclic) bond motifs is 1. The molecule has 1 saturated heterocycles. The van der Waals surface area contributed by atoms with Crippen LogP contribution in [0.2, 0.25) is 0 Å². The fourth-order valence-electron chi connectivity index (χ4n) is 3.12. The Bertz CT molecular complexity index is 914. The topological polar surface area (TPSA) is 53.2 Å². The Kier molecular flexibility index (Phi) is 3.31. The highest BCUT2D eigenvalue weighted by molar-refractivity contribution is 9.10. The molecule has 5 heteroatoms. The normalized spacial score (nSPS) is 18.1. The number of para-hydroxylation sites is 1. The number of aromatic nitrogens is 1. The first-order valence-electron chi connectivity index (χ1n) is 7.33. The molecule has 0 bridgehead atoms. The summed E-state index contributed by atoms with van der Waals surface area (Å²) in [4.78, 5) is 29.7. The number of carbonyl (C=O) groups excluding carboxylic acids is 2. The summed E-state index contributed by atoms with van der Waals surface area (Å²) >= 11 is 3.36. The molecule has 2 amide bonds. The number of imide groups is 1. The van der Waals surface area contributed by atoms with Crippen LogP contribution in [0.1, 0.15) is 17.9 Å². The van der Waals surface area contributed by atoms with Gasteiger partial charge in [-0.3, -0.25) is 14.5 Å². The van der Waals surface area contributed by atoms with Crippen molar-refractivity contribution in [2.24, 2.45) is 0 Å². The first-order chi connectivity index (χ1) is 11.1. The Labute approximate surface area is 141 Å². The van der Waals surface area contributed by atoms with Crippen LogP contribution in [-0.2, 0) is 9.59 Å². The molecule has 114 valence electrons. The molecule has 1 fully saturated rings. The molecule has 4 nitrogen and oxygen atoms in total. The van der Waals surface area contributed by atoms with Crippen molar-refractivity contribution in [1.82, 2.24) is 4.98 Å². The summed E-state index contributed by atoms with van der Waals surface area (Å²) in [5.41, 5.74) is 2.48. The summed E-state index contributed by atoms with van der Waals surface area (Å²) in [5, 5.41) is 0.997. The monoisotopic (exact) mass is 368 g/mol. The Morgan fingerprint density at radius 2 is 1.78 bits per heavy atom. The van der Waals surface area contributed by atoms with Gasteiger partial charge in [0.1, 0.15) is 0 Å². The van der Waals surface area contributed by atoms with Crippen LogP contribution in [0.4, 0.5) is 5.69 Å². The van der Waals surface area contributed by atoms with Crippen molar-refractivity contribution >= 4 is 44.3 Å². The molecule has 1 aromatic heterocycles. The Hall–Kier alpha value is -2.40. The maximum atomic E-state index is 12.8. The summed E-state index contributed by atoms with van der Waals surface area (Å²) < 4.78 is 0.911. The van der Waals surface area contributed by atoms with Crippen molar-refractivity contribution in [3.63, 3.8) is 0 Å². The molecule has 0 spiro atoms. The van der Waals surface area contributed by atoms with Crippen molar-refractivity contribution in [3.05, 3.63) is 64.8 Å². The standard InChI is InChI=1S/C18H13BrN2O2/c19-11-5-7-12(8-6-11)21-17(22)9-14(18(21)23)15-10-20-16-4-2-1-3-13(15)16/h1-8,10,14,20H,9H2/t14-/m1/s1. The summed E-state index contributed by atoms with van der Waals surface area (Å²) in [7, 11) is 0. The Morgan fingerprint density at radius 3 is 2.57 bits per heavy atom. The lowest BCUT2D eigenvalue weighted by Gasteiger charge is -2.15. The van der Waals surface area contributed by atoms with Crippen molar-refractivity contribution in [3.8, 4) is 0 Å². The molecule has 4 rings (SSSR count). The zero-order valence-corrected chi connectivity index (χ0v) is 13.7. The minimum Gasteiger partial charge on any atom is -0.361 e. The van der Waals surface area contributed by atoms with Crippen LogP contribution in [0.15, 0.2) is 59.2 Å². The number of halogens is 1. The highest BCUT2D eigenvalue weighted by Crippen LogP contribution is 2.36. The number of nitrogens with zero attached hydrogens (tertiary/aromatic N) is 1. The lowest BCUT2D eigenvalue weighted by atomic mass is 9.97. The van der Waals surface area contributed by atoms with Gasteiger partial charge in [0, 0.05) is 28.0 Å². The summed E-state index contributed by atoms with van der Waals surface area (Å²) in [5.74, 6) is -0.753. The SMILES string of the molecule is O=C1C[C@H](c2c[nH]c3ccccc23)C(=O)N1c1ccc(Br)cc1. The molecule has 1 N–H and O–H groups in total. The number of benzene rings is 2. The van der Waals surface area contributed by atoms with E-state index in [1.54, 1.807) is 12.1 Å². The number of nitrogens with one attached hydrogen (secondary N) is 1. The minimum absolute atomic E-state index is 0.160. The van der Waals surface area contributed by atoms with Gasteiger partial charge in [0.25, 0.3) is 0 Å². The Morgan fingerprint density at radius 1 is 1.04 bits per heavy atom. The van der Waals surface area contributed by atoms with Gasteiger partial charge in [-0.2, -0.15) is 0 Å². The number of aromatic amines is 1. The third-order valence-electron chi connectivity index (χ3n) is 4.23. The molecule has 0 aliphatic carbocycles. The number of rotatable bonds is 2. The molecule has 3 aromatic rings.